The first-order chi connectivity index (χ1) is 10.2. The molecule has 6 heteroatoms. The van der Waals surface area contributed by atoms with Gasteiger partial charge in [0.2, 0.25) is 0 Å². The van der Waals surface area contributed by atoms with Gasteiger partial charge in [0, 0.05) is 12.1 Å². The number of nitrogens with zero attached hydrogens (tertiary/aromatic N) is 1. The monoisotopic (exact) mass is 292 g/mol. The fourth-order valence-electron chi connectivity index (χ4n) is 2.14. The smallest absolute Gasteiger partial charge is 0.254 e. The molecule has 0 aromatic heterocycles. The molecule has 5 nitrogen and oxygen atoms in total. The molecule has 1 unspecified atom stereocenters. The second-order valence-corrected chi connectivity index (χ2v) is 4.61. The maximum absolute atomic E-state index is 13.9. The fraction of sp³-hybridized carbons (Fsp3) is 0.400. The fourth-order valence-corrected chi connectivity index (χ4v) is 2.14. The Morgan fingerprint density at radius 1 is 1.57 bits per heavy atom. The molecule has 1 atom stereocenters. The van der Waals surface area contributed by atoms with Gasteiger partial charge in [0.05, 0.1) is 38.0 Å². The lowest BCUT2D eigenvalue weighted by atomic mass is 10.1. The Hall–Kier alpha value is -1.94. The van der Waals surface area contributed by atoms with Gasteiger partial charge in [0.1, 0.15) is 5.82 Å². The Kier molecular flexibility index (Phi) is 5.28. The molecular weight excluding hydrogens is 275 g/mol. The van der Waals surface area contributed by atoms with Crippen LogP contribution in [0, 0.1) is 17.7 Å². The predicted octanol–water partition coefficient (Wildman–Crippen LogP) is -0.0308. The van der Waals surface area contributed by atoms with Crippen molar-refractivity contribution in [3.63, 3.8) is 0 Å². The number of aliphatic hydroxyl groups is 1. The molecule has 1 fully saturated rings. The Bertz CT molecular complexity index is 580. The summed E-state index contributed by atoms with van der Waals surface area (Å²) in [6.45, 7) is 1.02. The summed E-state index contributed by atoms with van der Waals surface area (Å²) in [6, 6.07) is 3.74. The number of aliphatic hydroxyl groups excluding tert-OH is 1. The summed E-state index contributed by atoms with van der Waals surface area (Å²) in [5, 5.41) is 9.27. The molecular formula is C15H17FN2O3. The second-order valence-electron chi connectivity index (χ2n) is 4.61. The van der Waals surface area contributed by atoms with Crippen LogP contribution in [0.2, 0.25) is 0 Å². The molecule has 0 aliphatic carbocycles. The van der Waals surface area contributed by atoms with E-state index in [0.717, 1.165) is 6.07 Å². The summed E-state index contributed by atoms with van der Waals surface area (Å²) in [5.74, 6) is 4.29. The number of halogens is 1. The average molecular weight is 292 g/mol. The minimum absolute atomic E-state index is 0.145. The Balaban J connectivity index is 2.21. The van der Waals surface area contributed by atoms with Crippen LogP contribution in [0.5, 0.6) is 0 Å². The first-order valence-corrected chi connectivity index (χ1v) is 6.65. The van der Waals surface area contributed by atoms with E-state index in [1.54, 1.807) is 0 Å². The topological polar surface area (TPSA) is 75.8 Å². The Morgan fingerprint density at radius 2 is 2.38 bits per heavy atom. The number of carbonyl (C=O) groups is 1. The van der Waals surface area contributed by atoms with Crippen LogP contribution in [0.4, 0.5) is 4.39 Å². The van der Waals surface area contributed by atoms with Crippen LogP contribution < -0.4 is 5.73 Å². The standard InChI is InChI=1S/C15H17FN2O3/c16-14-8-12(4-3-11(14)2-1-5-17)15(20)18-6-7-21-10-13(18)9-19/h3-4,8,13,19H,5-7,9-10,17H2. The Morgan fingerprint density at radius 3 is 3.05 bits per heavy atom. The van der Waals surface area contributed by atoms with Gasteiger partial charge in [-0.3, -0.25) is 4.79 Å². The zero-order chi connectivity index (χ0) is 15.2. The molecule has 0 spiro atoms. The van der Waals surface area contributed by atoms with Crippen molar-refractivity contribution in [3.05, 3.63) is 35.1 Å². The summed E-state index contributed by atoms with van der Waals surface area (Å²) < 4.78 is 19.1. The van der Waals surface area contributed by atoms with Gasteiger partial charge >= 0.3 is 0 Å². The van der Waals surface area contributed by atoms with Crippen molar-refractivity contribution in [2.75, 3.05) is 32.9 Å². The highest BCUT2D eigenvalue weighted by Gasteiger charge is 2.27. The third-order valence-electron chi connectivity index (χ3n) is 3.24. The van der Waals surface area contributed by atoms with Gasteiger partial charge in [0.15, 0.2) is 0 Å². The van der Waals surface area contributed by atoms with Crippen molar-refractivity contribution < 1.29 is 19.0 Å². The van der Waals surface area contributed by atoms with Crippen molar-refractivity contribution in [2.24, 2.45) is 5.73 Å². The number of rotatable bonds is 2. The predicted molar refractivity (Wildman–Crippen MR) is 75.1 cm³/mol. The summed E-state index contributed by atoms with van der Waals surface area (Å²) in [7, 11) is 0. The molecule has 1 aromatic rings. The van der Waals surface area contributed by atoms with Crippen LogP contribution in [0.1, 0.15) is 15.9 Å². The molecule has 112 valence electrons. The third-order valence-corrected chi connectivity index (χ3v) is 3.24. The van der Waals surface area contributed by atoms with Crippen LogP contribution >= 0.6 is 0 Å². The lowest BCUT2D eigenvalue weighted by Gasteiger charge is -2.34. The summed E-state index contributed by atoms with van der Waals surface area (Å²) in [6.07, 6.45) is 0. The molecule has 0 saturated carbocycles. The van der Waals surface area contributed by atoms with Gasteiger partial charge in [-0.25, -0.2) is 4.39 Å². The maximum atomic E-state index is 13.9. The number of hydrogen-bond acceptors (Lipinski definition) is 4. The molecule has 0 radical (unpaired) electrons. The number of amides is 1. The van der Waals surface area contributed by atoms with Gasteiger partial charge in [-0.2, -0.15) is 0 Å². The number of hydrogen-bond donors (Lipinski definition) is 2. The highest BCUT2D eigenvalue weighted by molar-refractivity contribution is 5.94. The first kappa shape index (κ1) is 15.4. The number of ether oxygens (including phenoxy) is 1. The zero-order valence-corrected chi connectivity index (χ0v) is 11.5. The molecule has 3 N–H and O–H groups in total. The van der Waals surface area contributed by atoms with Crippen LogP contribution in [0.15, 0.2) is 18.2 Å². The van der Waals surface area contributed by atoms with E-state index in [-0.39, 0.29) is 36.8 Å². The maximum Gasteiger partial charge on any atom is 0.254 e. The largest absolute Gasteiger partial charge is 0.394 e. The second kappa shape index (κ2) is 7.18. The molecule has 0 bridgehead atoms. The van der Waals surface area contributed by atoms with Crippen molar-refractivity contribution in [2.45, 2.75) is 6.04 Å². The van der Waals surface area contributed by atoms with E-state index in [0.29, 0.717) is 13.2 Å². The molecule has 1 aliphatic rings. The van der Waals surface area contributed by atoms with E-state index in [9.17, 15) is 14.3 Å². The quantitative estimate of drug-likeness (QED) is 0.751. The first-order valence-electron chi connectivity index (χ1n) is 6.65. The van der Waals surface area contributed by atoms with Crippen LogP contribution in [-0.4, -0.2) is 54.9 Å². The number of benzene rings is 1. The highest BCUT2D eigenvalue weighted by atomic mass is 19.1. The molecule has 1 aromatic carbocycles. The molecule has 21 heavy (non-hydrogen) atoms. The number of carbonyl (C=O) groups excluding carboxylic acids is 1. The van der Waals surface area contributed by atoms with E-state index in [2.05, 4.69) is 11.8 Å². The molecule has 1 amide bonds. The minimum Gasteiger partial charge on any atom is -0.394 e. The minimum atomic E-state index is -0.560. The normalized spacial score (nSPS) is 18.0. The third kappa shape index (κ3) is 3.58. The van der Waals surface area contributed by atoms with E-state index < -0.39 is 11.9 Å². The van der Waals surface area contributed by atoms with Crippen LogP contribution in [-0.2, 0) is 4.74 Å². The molecule has 1 saturated heterocycles. The van der Waals surface area contributed by atoms with Gasteiger partial charge < -0.3 is 20.5 Å². The SMILES string of the molecule is NCC#Cc1ccc(C(=O)N2CCOCC2CO)cc1F. The summed E-state index contributed by atoms with van der Waals surface area (Å²) in [4.78, 5) is 13.9. The van der Waals surface area contributed by atoms with Crippen LogP contribution in [0.25, 0.3) is 0 Å². The van der Waals surface area contributed by atoms with Crippen molar-refractivity contribution in [1.29, 1.82) is 0 Å². The van der Waals surface area contributed by atoms with E-state index in [1.165, 1.54) is 17.0 Å². The van der Waals surface area contributed by atoms with Crippen molar-refractivity contribution in [3.8, 4) is 11.8 Å². The molecule has 1 aliphatic heterocycles. The molecule has 1 heterocycles. The van der Waals surface area contributed by atoms with E-state index >= 15 is 0 Å². The zero-order valence-electron chi connectivity index (χ0n) is 11.5. The van der Waals surface area contributed by atoms with Gasteiger partial charge in [-0.15, -0.1) is 0 Å². The molecule has 2 rings (SSSR count). The lowest BCUT2D eigenvalue weighted by Crippen LogP contribution is -2.50. The van der Waals surface area contributed by atoms with Crippen LogP contribution in [0.3, 0.4) is 0 Å². The number of morpholine rings is 1. The Labute approximate surface area is 122 Å². The van der Waals surface area contributed by atoms with Gasteiger partial charge in [-0.05, 0) is 18.2 Å². The number of nitrogens with two attached hydrogens (primary N) is 1. The average Bonchev–Trinajstić information content (AvgIpc) is 2.53. The van der Waals surface area contributed by atoms with Gasteiger partial charge in [-0.1, -0.05) is 11.8 Å². The summed E-state index contributed by atoms with van der Waals surface area (Å²) >= 11 is 0. The highest BCUT2D eigenvalue weighted by Crippen LogP contribution is 2.15. The van der Waals surface area contributed by atoms with E-state index in [1.807, 2.05) is 0 Å². The van der Waals surface area contributed by atoms with Gasteiger partial charge in [0.25, 0.3) is 5.91 Å². The van der Waals surface area contributed by atoms with Crippen molar-refractivity contribution in [1.82, 2.24) is 4.90 Å². The van der Waals surface area contributed by atoms with Crippen molar-refractivity contribution >= 4 is 5.91 Å². The van der Waals surface area contributed by atoms with E-state index in [4.69, 9.17) is 10.5 Å². The lowest BCUT2D eigenvalue weighted by molar-refractivity contribution is -0.0184. The summed E-state index contributed by atoms with van der Waals surface area (Å²) in [5.41, 5.74) is 5.67.